The van der Waals surface area contributed by atoms with Crippen molar-refractivity contribution in [1.29, 1.82) is 0 Å². The van der Waals surface area contributed by atoms with Crippen LogP contribution in [0, 0.1) is 0 Å². The molecule has 0 fully saturated rings. The van der Waals surface area contributed by atoms with Crippen LogP contribution in [0.4, 0.5) is 4.79 Å². The van der Waals surface area contributed by atoms with Crippen molar-refractivity contribution < 1.29 is 19.1 Å². The lowest BCUT2D eigenvalue weighted by atomic mass is 10.4. The molecule has 0 atom stereocenters. The fourth-order valence-corrected chi connectivity index (χ4v) is 0.981. The molecule has 0 spiro atoms. The quantitative estimate of drug-likeness (QED) is 0.555. The summed E-state index contributed by atoms with van der Waals surface area (Å²) in [5.74, 6) is -1.55. The first kappa shape index (κ1) is 14.3. The van der Waals surface area contributed by atoms with Gasteiger partial charge in [0.15, 0.2) is 12.3 Å². The first-order valence-electron chi connectivity index (χ1n) is 5.25. The molecule has 1 heterocycles. The highest BCUT2D eigenvalue weighted by Gasteiger charge is 2.12. The summed E-state index contributed by atoms with van der Waals surface area (Å²) in [5.41, 5.74) is -0.0218. The molecule has 19 heavy (non-hydrogen) atoms. The highest BCUT2D eigenvalue weighted by Crippen LogP contribution is 1.93. The zero-order valence-electron chi connectivity index (χ0n) is 9.96. The molecule has 0 saturated heterocycles. The Morgan fingerprint density at radius 1 is 1.37 bits per heavy atom. The average molecular weight is 264 g/mol. The van der Waals surface area contributed by atoms with Crippen molar-refractivity contribution in [2.45, 2.75) is 0 Å². The van der Waals surface area contributed by atoms with Crippen LogP contribution >= 0.6 is 0 Å². The van der Waals surface area contributed by atoms with Crippen LogP contribution in [-0.4, -0.2) is 41.0 Å². The second kappa shape index (κ2) is 7.54. The Kier molecular flexibility index (Phi) is 5.67. The molecular weight excluding hydrogens is 252 g/mol. The Morgan fingerprint density at radius 2 is 2.16 bits per heavy atom. The number of amides is 3. The molecule has 0 saturated carbocycles. The molecule has 0 aliphatic carbocycles. The Morgan fingerprint density at radius 3 is 2.79 bits per heavy atom. The van der Waals surface area contributed by atoms with Crippen molar-refractivity contribution >= 4 is 17.9 Å². The topological polar surface area (TPSA) is 110 Å². The maximum atomic E-state index is 11.4. The van der Waals surface area contributed by atoms with Crippen molar-refractivity contribution in [2.24, 2.45) is 0 Å². The number of hydrogen-bond acceptors (Lipinski definition) is 6. The molecule has 1 aromatic rings. The first-order valence-corrected chi connectivity index (χ1v) is 5.25. The highest BCUT2D eigenvalue weighted by atomic mass is 16.5. The maximum absolute atomic E-state index is 11.4. The van der Waals surface area contributed by atoms with Gasteiger partial charge in [-0.25, -0.2) is 14.6 Å². The van der Waals surface area contributed by atoms with Crippen LogP contribution in [0.5, 0.6) is 0 Å². The Hall–Kier alpha value is -2.77. The number of urea groups is 1. The summed E-state index contributed by atoms with van der Waals surface area (Å²) in [6, 6.07) is -0.694. The zero-order chi connectivity index (χ0) is 14.1. The van der Waals surface area contributed by atoms with Crippen LogP contribution in [0.1, 0.15) is 10.5 Å². The molecule has 0 bridgehead atoms. The lowest BCUT2D eigenvalue weighted by molar-refractivity contribution is -0.123. The number of ether oxygens (including phenoxy) is 1. The third-order valence-electron chi connectivity index (χ3n) is 1.77. The Bertz CT molecular complexity index is 475. The van der Waals surface area contributed by atoms with Gasteiger partial charge in [0.05, 0.1) is 6.20 Å². The van der Waals surface area contributed by atoms with Crippen LogP contribution in [-0.2, 0) is 9.53 Å². The summed E-state index contributed by atoms with van der Waals surface area (Å²) in [4.78, 5) is 41.1. The predicted molar refractivity (Wildman–Crippen MR) is 64.1 cm³/mol. The van der Waals surface area contributed by atoms with Gasteiger partial charge in [-0.2, -0.15) is 0 Å². The monoisotopic (exact) mass is 264 g/mol. The van der Waals surface area contributed by atoms with E-state index in [1.54, 1.807) is 0 Å². The number of rotatable bonds is 5. The minimum atomic E-state index is -0.797. The van der Waals surface area contributed by atoms with Gasteiger partial charge in [-0.05, 0) is 0 Å². The summed E-state index contributed by atoms with van der Waals surface area (Å²) < 4.78 is 4.64. The van der Waals surface area contributed by atoms with E-state index in [2.05, 4.69) is 26.6 Å². The van der Waals surface area contributed by atoms with Crippen molar-refractivity contribution in [2.75, 3.05) is 13.2 Å². The molecule has 8 nitrogen and oxygen atoms in total. The number of aromatic nitrogens is 2. The minimum Gasteiger partial charge on any atom is -0.451 e. The molecule has 8 heteroatoms. The van der Waals surface area contributed by atoms with E-state index in [1.807, 2.05) is 5.32 Å². The van der Waals surface area contributed by atoms with E-state index in [-0.39, 0.29) is 12.2 Å². The van der Waals surface area contributed by atoms with Gasteiger partial charge < -0.3 is 10.1 Å². The van der Waals surface area contributed by atoms with E-state index in [1.165, 1.54) is 24.7 Å². The fourth-order valence-electron chi connectivity index (χ4n) is 0.981. The number of esters is 1. The second-order valence-electron chi connectivity index (χ2n) is 3.21. The number of imide groups is 1. The summed E-state index contributed by atoms with van der Waals surface area (Å²) in [6.07, 6.45) is 5.38. The molecule has 2 N–H and O–H groups in total. The van der Waals surface area contributed by atoms with Crippen molar-refractivity contribution in [1.82, 2.24) is 20.6 Å². The van der Waals surface area contributed by atoms with Gasteiger partial charge in [-0.3, -0.25) is 15.1 Å². The minimum absolute atomic E-state index is 0.0218. The maximum Gasteiger partial charge on any atom is 0.359 e. The first-order chi connectivity index (χ1) is 9.13. The number of nitrogens with zero attached hydrogens (tertiary/aromatic N) is 2. The molecule has 0 unspecified atom stereocenters. The largest absolute Gasteiger partial charge is 0.451 e. The molecule has 1 aromatic heterocycles. The van der Waals surface area contributed by atoms with Gasteiger partial charge in [0, 0.05) is 18.9 Å². The van der Waals surface area contributed by atoms with Crippen LogP contribution in [0.3, 0.4) is 0 Å². The molecule has 0 aliphatic heterocycles. The standard InChI is InChI=1S/C11H12N4O4/c1-2-3-14-11(18)15-9(16)7-19-10(17)8-6-12-4-5-13-8/h2,4-6H,1,3,7H2,(H2,14,15,16,18). The second-order valence-corrected chi connectivity index (χ2v) is 3.21. The van der Waals surface area contributed by atoms with Gasteiger partial charge in [-0.15, -0.1) is 6.58 Å². The van der Waals surface area contributed by atoms with E-state index in [4.69, 9.17) is 0 Å². The van der Waals surface area contributed by atoms with Gasteiger partial charge >= 0.3 is 12.0 Å². The average Bonchev–Trinajstić information content (AvgIpc) is 2.43. The number of hydrogen-bond donors (Lipinski definition) is 2. The molecule has 1 rings (SSSR count). The summed E-state index contributed by atoms with van der Waals surface area (Å²) >= 11 is 0. The van der Waals surface area contributed by atoms with Crippen molar-refractivity contribution in [3.63, 3.8) is 0 Å². The summed E-state index contributed by atoms with van der Waals surface area (Å²) in [5, 5.41) is 4.30. The van der Waals surface area contributed by atoms with E-state index in [9.17, 15) is 14.4 Å². The van der Waals surface area contributed by atoms with Gasteiger partial charge in [0.1, 0.15) is 0 Å². The van der Waals surface area contributed by atoms with E-state index >= 15 is 0 Å². The summed E-state index contributed by atoms with van der Waals surface area (Å²) in [7, 11) is 0. The van der Waals surface area contributed by atoms with Crippen LogP contribution < -0.4 is 10.6 Å². The van der Waals surface area contributed by atoms with E-state index in [0.29, 0.717) is 0 Å². The van der Waals surface area contributed by atoms with Crippen molar-refractivity contribution in [3.8, 4) is 0 Å². The van der Waals surface area contributed by atoms with Gasteiger partial charge in [0.25, 0.3) is 5.91 Å². The molecule has 3 amide bonds. The molecule has 0 aliphatic rings. The molecule has 0 aromatic carbocycles. The van der Waals surface area contributed by atoms with E-state index < -0.39 is 24.5 Å². The molecule has 100 valence electrons. The highest BCUT2D eigenvalue weighted by molar-refractivity contribution is 5.96. The molecule has 0 radical (unpaired) electrons. The third-order valence-corrected chi connectivity index (χ3v) is 1.77. The number of nitrogens with one attached hydrogen (secondary N) is 2. The van der Waals surface area contributed by atoms with Crippen LogP contribution in [0.15, 0.2) is 31.2 Å². The van der Waals surface area contributed by atoms with Gasteiger partial charge in [0.2, 0.25) is 0 Å². The summed E-state index contributed by atoms with van der Waals surface area (Å²) in [6.45, 7) is 3.03. The van der Waals surface area contributed by atoms with Crippen LogP contribution in [0.25, 0.3) is 0 Å². The normalized spacial score (nSPS) is 9.26. The lowest BCUT2D eigenvalue weighted by Crippen LogP contribution is -2.41. The smallest absolute Gasteiger partial charge is 0.359 e. The Labute approximate surface area is 108 Å². The SMILES string of the molecule is C=CCNC(=O)NC(=O)COC(=O)c1cnccn1. The zero-order valence-corrected chi connectivity index (χ0v) is 9.96. The van der Waals surface area contributed by atoms with Crippen LogP contribution in [0.2, 0.25) is 0 Å². The Balaban J connectivity index is 2.32. The van der Waals surface area contributed by atoms with Gasteiger partial charge in [-0.1, -0.05) is 6.08 Å². The predicted octanol–water partition coefficient (Wildman–Crippen LogP) is -0.355. The fraction of sp³-hybridized carbons (Fsp3) is 0.182. The van der Waals surface area contributed by atoms with E-state index in [0.717, 1.165) is 0 Å². The van der Waals surface area contributed by atoms with Crippen molar-refractivity contribution in [3.05, 3.63) is 36.9 Å². The third kappa shape index (κ3) is 5.39. The number of carbonyl (C=O) groups excluding carboxylic acids is 3. The lowest BCUT2D eigenvalue weighted by Gasteiger charge is -2.05. The number of carbonyl (C=O) groups is 3. The molecular formula is C11H12N4O4.